The fourth-order valence-corrected chi connectivity index (χ4v) is 5.72. The Bertz CT molecular complexity index is 1850. The van der Waals surface area contributed by atoms with Crippen molar-refractivity contribution in [2.75, 3.05) is 14.2 Å². The number of allylic oxidation sites excluding steroid dienone is 1. The lowest BCUT2D eigenvalue weighted by Crippen LogP contribution is -2.40. The van der Waals surface area contributed by atoms with Gasteiger partial charge in [-0.25, -0.2) is 9.79 Å². The Balaban J connectivity index is 1.53. The van der Waals surface area contributed by atoms with Crippen LogP contribution in [-0.2, 0) is 16.1 Å². The number of methoxy groups -OCH3 is 2. The van der Waals surface area contributed by atoms with E-state index in [2.05, 4.69) is 6.07 Å². The SMILES string of the molecule is CCC1=C(C(=O)OC)[C@@H](c2ccccc2)n2c(s/c(=C/c3ccc(OCc4ccc(C#N)cc4)c(OC)c3)c2=O)=N1. The molecule has 1 aliphatic heterocycles. The molecular weight excluding hydrogens is 538 g/mol. The lowest BCUT2D eigenvalue weighted by Gasteiger charge is -2.25. The first-order valence-electron chi connectivity index (χ1n) is 12.9. The number of nitrogens with zero attached hydrogens (tertiary/aromatic N) is 3. The summed E-state index contributed by atoms with van der Waals surface area (Å²) in [5.41, 5.74) is 3.77. The summed E-state index contributed by atoms with van der Waals surface area (Å²) in [6.07, 6.45) is 2.30. The van der Waals surface area contributed by atoms with Gasteiger partial charge in [0, 0.05) is 0 Å². The maximum atomic E-state index is 13.8. The number of carbonyl (C=O) groups is 1. The first kappa shape index (κ1) is 27.6. The van der Waals surface area contributed by atoms with E-state index in [0.29, 0.717) is 50.7 Å². The first-order chi connectivity index (χ1) is 20.0. The third kappa shape index (κ3) is 5.55. The van der Waals surface area contributed by atoms with Gasteiger partial charge in [0.2, 0.25) is 0 Å². The van der Waals surface area contributed by atoms with Crippen LogP contribution in [0.25, 0.3) is 6.08 Å². The van der Waals surface area contributed by atoms with Crippen LogP contribution in [-0.4, -0.2) is 24.8 Å². The molecule has 1 aromatic heterocycles. The molecule has 0 saturated heterocycles. The molecule has 0 radical (unpaired) electrons. The smallest absolute Gasteiger partial charge is 0.338 e. The highest BCUT2D eigenvalue weighted by Crippen LogP contribution is 2.32. The molecule has 206 valence electrons. The van der Waals surface area contributed by atoms with Crippen molar-refractivity contribution >= 4 is 23.4 Å². The number of benzene rings is 3. The summed E-state index contributed by atoms with van der Waals surface area (Å²) in [6, 6.07) is 23.5. The van der Waals surface area contributed by atoms with Crippen LogP contribution in [0.3, 0.4) is 0 Å². The molecule has 0 spiro atoms. The standard InChI is InChI=1S/C32H27N3O5S/c1-4-24-28(31(37)39-3)29(23-8-6-5-7-9-23)35-30(36)27(41-32(35)34-24)17-22-14-15-25(26(16-22)38-2)40-19-21-12-10-20(18-33)11-13-21/h5-17,29H,4,19H2,1-3H3/b27-17+/t29-/m1/s1. The summed E-state index contributed by atoms with van der Waals surface area (Å²) in [6.45, 7) is 2.23. The molecule has 0 amide bonds. The molecular formula is C32H27N3O5S. The van der Waals surface area contributed by atoms with Gasteiger partial charge in [0.15, 0.2) is 16.3 Å². The van der Waals surface area contributed by atoms with Crippen molar-refractivity contribution in [3.63, 3.8) is 0 Å². The third-order valence-electron chi connectivity index (χ3n) is 6.73. The minimum absolute atomic E-state index is 0.251. The molecule has 2 heterocycles. The molecule has 8 nitrogen and oxygen atoms in total. The second kappa shape index (κ2) is 12.1. The largest absolute Gasteiger partial charge is 0.493 e. The molecule has 9 heteroatoms. The lowest BCUT2D eigenvalue weighted by molar-refractivity contribution is -0.136. The highest BCUT2D eigenvalue weighted by Gasteiger charge is 2.33. The van der Waals surface area contributed by atoms with Crippen LogP contribution in [0.4, 0.5) is 0 Å². The van der Waals surface area contributed by atoms with Gasteiger partial charge in [-0.1, -0.05) is 66.8 Å². The molecule has 0 aliphatic carbocycles. The van der Waals surface area contributed by atoms with E-state index in [9.17, 15) is 9.59 Å². The zero-order valence-corrected chi connectivity index (χ0v) is 23.6. The van der Waals surface area contributed by atoms with E-state index in [0.717, 1.165) is 16.7 Å². The van der Waals surface area contributed by atoms with Gasteiger partial charge < -0.3 is 14.2 Å². The van der Waals surface area contributed by atoms with Crippen molar-refractivity contribution < 1.29 is 19.0 Å². The minimum atomic E-state index is -0.649. The van der Waals surface area contributed by atoms with Crippen molar-refractivity contribution in [3.8, 4) is 17.6 Å². The third-order valence-corrected chi connectivity index (χ3v) is 7.71. The number of ether oxygens (including phenoxy) is 3. The highest BCUT2D eigenvalue weighted by molar-refractivity contribution is 7.07. The summed E-state index contributed by atoms with van der Waals surface area (Å²) < 4.78 is 18.7. The van der Waals surface area contributed by atoms with Gasteiger partial charge in [-0.15, -0.1) is 0 Å². The van der Waals surface area contributed by atoms with Crippen molar-refractivity contribution in [2.24, 2.45) is 4.99 Å². The monoisotopic (exact) mass is 565 g/mol. The number of carbonyl (C=O) groups excluding carboxylic acids is 1. The summed E-state index contributed by atoms with van der Waals surface area (Å²) in [7, 11) is 2.89. The van der Waals surface area contributed by atoms with E-state index < -0.39 is 12.0 Å². The van der Waals surface area contributed by atoms with Gasteiger partial charge in [0.1, 0.15) is 6.61 Å². The Morgan fingerprint density at radius 2 is 1.83 bits per heavy atom. The van der Waals surface area contributed by atoms with Crippen LogP contribution in [0, 0.1) is 11.3 Å². The topological polar surface area (TPSA) is 103 Å². The minimum Gasteiger partial charge on any atom is -0.493 e. The number of hydrogen-bond donors (Lipinski definition) is 0. The molecule has 0 saturated carbocycles. The summed E-state index contributed by atoms with van der Waals surface area (Å²) >= 11 is 1.27. The van der Waals surface area contributed by atoms with Gasteiger partial charge in [0.25, 0.3) is 5.56 Å². The molecule has 1 atom stereocenters. The molecule has 0 N–H and O–H groups in total. The average Bonchev–Trinajstić information content (AvgIpc) is 3.33. The van der Waals surface area contributed by atoms with Crippen LogP contribution < -0.4 is 24.4 Å². The average molecular weight is 566 g/mol. The molecule has 41 heavy (non-hydrogen) atoms. The first-order valence-corrected chi connectivity index (χ1v) is 13.8. The number of thiazole rings is 1. The predicted molar refractivity (Wildman–Crippen MR) is 155 cm³/mol. The van der Waals surface area contributed by atoms with E-state index in [-0.39, 0.29) is 5.56 Å². The number of esters is 1. The van der Waals surface area contributed by atoms with Crippen molar-refractivity contribution in [3.05, 3.63) is 126 Å². The molecule has 3 aromatic carbocycles. The molecule has 4 aromatic rings. The summed E-state index contributed by atoms with van der Waals surface area (Å²) in [5, 5.41) is 8.99. The Morgan fingerprint density at radius 3 is 2.49 bits per heavy atom. The van der Waals surface area contributed by atoms with Crippen molar-refractivity contribution in [1.29, 1.82) is 5.26 Å². The molecule has 0 bridgehead atoms. The van der Waals surface area contributed by atoms with E-state index in [1.165, 1.54) is 18.4 Å². The van der Waals surface area contributed by atoms with Gasteiger partial charge in [0.05, 0.1) is 47.7 Å². The van der Waals surface area contributed by atoms with E-state index in [1.807, 2.05) is 55.5 Å². The quantitative estimate of drug-likeness (QED) is 0.296. The van der Waals surface area contributed by atoms with E-state index in [4.69, 9.17) is 24.5 Å². The van der Waals surface area contributed by atoms with Gasteiger partial charge >= 0.3 is 5.97 Å². The molecule has 0 fully saturated rings. The van der Waals surface area contributed by atoms with Crippen molar-refractivity contribution in [1.82, 2.24) is 4.57 Å². The zero-order valence-electron chi connectivity index (χ0n) is 22.8. The predicted octanol–water partition coefficient (Wildman–Crippen LogP) is 4.26. The molecule has 1 aliphatic rings. The van der Waals surface area contributed by atoms with Gasteiger partial charge in [-0.05, 0) is 53.5 Å². The molecule has 5 rings (SSSR count). The number of rotatable bonds is 8. The van der Waals surface area contributed by atoms with Crippen molar-refractivity contribution in [2.45, 2.75) is 26.0 Å². The van der Waals surface area contributed by atoms with E-state index in [1.54, 1.807) is 42.0 Å². The van der Waals surface area contributed by atoms with Crippen LogP contribution in [0.5, 0.6) is 11.5 Å². The number of aromatic nitrogens is 1. The normalized spacial score (nSPS) is 14.6. The fourth-order valence-electron chi connectivity index (χ4n) is 4.70. The Hall–Kier alpha value is -4.94. The Labute approximate surface area is 240 Å². The molecule has 0 unspecified atom stereocenters. The van der Waals surface area contributed by atoms with E-state index >= 15 is 0 Å². The highest BCUT2D eigenvalue weighted by atomic mass is 32.1. The number of hydrogen-bond acceptors (Lipinski definition) is 8. The maximum Gasteiger partial charge on any atom is 0.338 e. The lowest BCUT2D eigenvalue weighted by atomic mass is 9.95. The van der Waals surface area contributed by atoms with Crippen LogP contribution >= 0.6 is 11.3 Å². The van der Waals surface area contributed by atoms with Crippen LogP contribution in [0.15, 0.2) is 93.9 Å². The number of fused-ring (bicyclic) bond motifs is 1. The Kier molecular flexibility index (Phi) is 8.13. The Morgan fingerprint density at radius 1 is 1.07 bits per heavy atom. The second-order valence-corrected chi connectivity index (χ2v) is 10.2. The van der Waals surface area contributed by atoms with Crippen LogP contribution in [0.2, 0.25) is 0 Å². The summed E-state index contributed by atoms with van der Waals surface area (Å²) in [4.78, 5) is 32.0. The van der Waals surface area contributed by atoms with Gasteiger partial charge in [-0.3, -0.25) is 9.36 Å². The zero-order chi connectivity index (χ0) is 28.9. The van der Waals surface area contributed by atoms with Crippen LogP contribution in [0.1, 0.15) is 41.6 Å². The number of nitriles is 1. The fraction of sp³-hybridized carbons (Fsp3) is 0.188. The second-order valence-electron chi connectivity index (χ2n) is 9.21. The van der Waals surface area contributed by atoms with Gasteiger partial charge in [-0.2, -0.15) is 5.26 Å². The summed E-state index contributed by atoms with van der Waals surface area (Å²) in [5.74, 6) is 0.563. The maximum absolute atomic E-state index is 13.8.